The van der Waals surface area contributed by atoms with Gasteiger partial charge in [0.25, 0.3) is 10.0 Å². The molecule has 0 radical (unpaired) electrons. The first-order valence-corrected chi connectivity index (χ1v) is 7.95. The normalized spacial score (nSPS) is 12.2. The smallest absolute Gasteiger partial charge is 0.260 e. The van der Waals surface area contributed by atoms with Gasteiger partial charge in [-0.3, -0.25) is 0 Å². The van der Waals surface area contributed by atoms with Crippen LogP contribution in [0, 0.1) is 6.92 Å². The molecule has 5 nitrogen and oxygen atoms in total. The molecule has 0 amide bonds. The van der Waals surface area contributed by atoms with E-state index in [1.807, 2.05) is 36.6 Å². The zero-order valence-corrected chi connectivity index (χ0v) is 12.3. The number of fused-ring (bicyclic) bond motifs is 1. The number of nitrogens with one attached hydrogen (secondary N) is 1. The van der Waals surface area contributed by atoms with Gasteiger partial charge in [0.15, 0.2) is 5.03 Å². The summed E-state index contributed by atoms with van der Waals surface area (Å²) < 4.78 is 28.8. The molecule has 0 aliphatic carbocycles. The Morgan fingerprint density at radius 2 is 2.05 bits per heavy atom. The van der Waals surface area contributed by atoms with Crippen LogP contribution in [-0.4, -0.2) is 24.3 Å². The predicted molar refractivity (Wildman–Crippen MR) is 74.8 cm³/mol. The molecule has 0 bridgehead atoms. The van der Waals surface area contributed by atoms with Crippen molar-refractivity contribution in [2.75, 3.05) is 6.54 Å². The zero-order chi connectivity index (χ0) is 14.0. The maximum Gasteiger partial charge on any atom is 0.260 e. The predicted octanol–water partition coefficient (Wildman–Crippen LogP) is 1.89. The largest absolute Gasteiger partial charge is 0.302 e. The zero-order valence-electron chi connectivity index (χ0n) is 11.5. The van der Waals surface area contributed by atoms with Crippen molar-refractivity contribution in [3.8, 4) is 0 Å². The Hall–Kier alpha value is -1.40. The van der Waals surface area contributed by atoms with Crippen LogP contribution in [0.1, 0.15) is 31.7 Å². The van der Waals surface area contributed by atoms with E-state index in [9.17, 15) is 8.42 Å². The van der Waals surface area contributed by atoms with Gasteiger partial charge in [0.05, 0.1) is 5.52 Å². The van der Waals surface area contributed by atoms with E-state index in [4.69, 9.17) is 0 Å². The van der Waals surface area contributed by atoms with Crippen molar-refractivity contribution in [3.05, 3.63) is 29.7 Å². The lowest BCUT2D eigenvalue weighted by Crippen LogP contribution is -2.24. The number of nitrogens with zero attached hydrogens (tertiary/aromatic N) is 2. The van der Waals surface area contributed by atoms with Crippen LogP contribution < -0.4 is 4.72 Å². The van der Waals surface area contributed by atoms with Crippen LogP contribution in [0.3, 0.4) is 0 Å². The van der Waals surface area contributed by atoms with Crippen molar-refractivity contribution >= 4 is 15.5 Å². The second kappa shape index (κ2) is 5.30. The number of rotatable bonds is 5. The Morgan fingerprint density at radius 3 is 2.68 bits per heavy atom. The van der Waals surface area contributed by atoms with Gasteiger partial charge in [0.1, 0.15) is 5.82 Å². The number of pyridine rings is 1. The van der Waals surface area contributed by atoms with Crippen molar-refractivity contribution in [2.24, 2.45) is 0 Å². The minimum Gasteiger partial charge on any atom is -0.302 e. The van der Waals surface area contributed by atoms with E-state index in [0.717, 1.165) is 18.4 Å². The molecule has 19 heavy (non-hydrogen) atoms. The molecule has 0 aromatic carbocycles. The van der Waals surface area contributed by atoms with E-state index >= 15 is 0 Å². The Bertz CT molecular complexity index is 689. The third kappa shape index (κ3) is 2.64. The summed E-state index contributed by atoms with van der Waals surface area (Å²) in [6, 6.07) is 3.76. The van der Waals surface area contributed by atoms with Crippen LogP contribution in [0.25, 0.3) is 5.52 Å². The summed E-state index contributed by atoms with van der Waals surface area (Å²) in [6.07, 6.45) is 3.60. The Morgan fingerprint density at radius 1 is 1.32 bits per heavy atom. The summed E-state index contributed by atoms with van der Waals surface area (Å²) in [7, 11) is -3.53. The van der Waals surface area contributed by atoms with Gasteiger partial charge < -0.3 is 4.40 Å². The van der Waals surface area contributed by atoms with Gasteiger partial charge in [0.2, 0.25) is 0 Å². The highest BCUT2D eigenvalue weighted by atomic mass is 32.2. The molecule has 2 aromatic heterocycles. The molecule has 6 heteroatoms. The van der Waals surface area contributed by atoms with E-state index < -0.39 is 10.0 Å². The number of hydrogen-bond donors (Lipinski definition) is 1. The fourth-order valence-corrected chi connectivity index (χ4v) is 3.26. The first-order chi connectivity index (χ1) is 8.99. The van der Waals surface area contributed by atoms with Crippen molar-refractivity contribution < 1.29 is 8.42 Å². The van der Waals surface area contributed by atoms with Crippen molar-refractivity contribution in [2.45, 2.75) is 38.6 Å². The number of imidazole rings is 1. The van der Waals surface area contributed by atoms with Gasteiger partial charge in [-0.2, -0.15) is 0 Å². The highest BCUT2D eigenvalue weighted by molar-refractivity contribution is 7.89. The molecule has 2 rings (SSSR count). The molecule has 2 heterocycles. The molecule has 0 aliphatic rings. The fraction of sp³-hybridized carbons (Fsp3) is 0.462. The quantitative estimate of drug-likeness (QED) is 0.910. The van der Waals surface area contributed by atoms with E-state index in [1.165, 1.54) is 0 Å². The molecular weight excluding hydrogens is 262 g/mol. The molecule has 0 spiro atoms. The second-order valence-corrected chi connectivity index (χ2v) is 6.19. The van der Waals surface area contributed by atoms with E-state index in [-0.39, 0.29) is 5.03 Å². The Kier molecular flexibility index (Phi) is 3.91. The van der Waals surface area contributed by atoms with Crippen LogP contribution >= 0.6 is 0 Å². The molecule has 2 aromatic rings. The molecule has 0 fully saturated rings. The van der Waals surface area contributed by atoms with E-state index in [1.54, 1.807) is 0 Å². The molecule has 0 unspecified atom stereocenters. The number of hydrogen-bond acceptors (Lipinski definition) is 3. The highest BCUT2D eigenvalue weighted by Gasteiger charge is 2.21. The molecule has 104 valence electrons. The van der Waals surface area contributed by atoms with Crippen molar-refractivity contribution in [1.29, 1.82) is 0 Å². The average Bonchev–Trinajstić information content (AvgIpc) is 2.74. The number of aromatic nitrogens is 2. The Labute approximate surface area is 113 Å². The maximum atomic E-state index is 12.2. The van der Waals surface area contributed by atoms with Gasteiger partial charge in [0, 0.05) is 12.7 Å². The molecule has 0 saturated carbocycles. The van der Waals surface area contributed by atoms with Crippen LogP contribution in [0.15, 0.2) is 23.4 Å². The van der Waals surface area contributed by atoms with Crippen molar-refractivity contribution in [1.82, 2.24) is 14.1 Å². The summed E-state index contributed by atoms with van der Waals surface area (Å²) >= 11 is 0. The second-order valence-electron chi connectivity index (χ2n) is 4.51. The fourth-order valence-electron chi connectivity index (χ4n) is 1.96. The van der Waals surface area contributed by atoms with Crippen LogP contribution in [0.5, 0.6) is 0 Å². The monoisotopic (exact) mass is 281 g/mol. The van der Waals surface area contributed by atoms with E-state index in [2.05, 4.69) is 16.6 Å². The van der Waals surface area contributed by atoms with Crippen LogP contribution in [0.2, 0.25) is 0 Å². The van der Waals surface area contributed by atoms with Gasteiger partial charge in [-0.05, 0) is 31.4 Å². The average molecular weight is 281 g/mol. The lowest BCUT2D eigenvalue weighted by molar-refractivity contribution is 0.578. The highest BCUT2D eigenvalue weighted by Crippen LogP contribution is 2.19. The summed E-state index contributed by atoms with van der Waals surface area (Å²) in [4.78, 5) is 4.20. The molecule has 0 aliphatic heterocycles. The van der Waals surface area contributed by atoms with E-state index in [0.29, 0.717) is 17.9 Å². The molecule has 0 saturated heterocycles. The lowest BCUT2D eigenvalue weighted by Gasteiger charge is -2.04. The lowest BCUT2D eigenvalue weighted by atomic mass is 10.2. The third-order valence-corrected chi connectivity index (χ3v) is 4.44. The molecular formula is C13H19N3O2S. The SMILES string of the molecule is CCCNS(=O)(=O)c1nc(C)n2cc(CC)ccc12. The molecule has 0 atom stereocenters. The number of sulfonamides is 1. The topological polar surface area (TPSA) is 63.5 Å². The first kappa shape index (κ1) is 14.0. The summed E-state index contributed by atoms with van der Waals surface area (Å²) in [5, 5.41) is 0.112. The Balaban J connectivity index is 2.57. The summed E-state index contributed by atoms with van der Waals surface area (Å²) in [6.45, 7) is 6.22. The minimum atomic E-state index is -3.53. The first-order valence-electron chi connectivity index (χ1n) is 6.46. The van der Waals surface area contributed by atoms with Gasteiger partial charge in [-0.25, -0.2) is 18.1 Å². The van der Waals surface area contributed by atoms with Crippen molar-refractivity contribution in [3.63, 3.8) is 0 Å². The standard InChI is InChI=1S/C13H19N3O2S/c1-4-8-14-19(17,18)13-12-7-6-11(5-2)9-16(12)10(3)15-13/h6-7,9,14H,4-5,8H2,1-3H3. The molecule has 1 N–H and O–H groups in total. The maximum absolute atomic E-state index is 12.2. The summed E-state index contributed by atoms with van der Waals surface area (Å²) in [5.41, 5.74) is 1.77. The summed E-state index contributed by atoms with van der Waals surface area (Å²) in [5.74, 6) is 0.683. The van der Waals surface area contributed by atoms with Gasteiger partial charge >= 0.3 is 0 Å². The van der Waals surface area contributed by atoms with Gasteiger partial charge in [-0.1, -0.05) is 19.9 Å². The van der Waals surface area contributed by atoms with Crippen LogP contribution in [-0.2, 0) is 16.4 Å². The third-order valence-electron chi connectivity index (χ3n) is 3.05. The number of aryl methyl sites for hydroxylation is 2. The van der Waals surface area contributed by atoms with Crippen LogP contribution in [0.4, 0.5) is 0 Å². The minimum absolute atomic E-state index is 0.112. The van der Waals surface area contributed by atoms with Gasteiger partial charge in [-0.15, -0.1) is 0 Å².